The van der Waals surface area contributed by atoms with Crippen molar-refractivity contribution in [2.24, 2.45) is 0 Å². The Balaban J connectivity index is 1.98. The van der Waals surface area contributed by atoms with Crippen LogP contribution < -0.4 is 5.32 Å². The van der Waals surface area contributed by atoms with E-state index in [9.17, 15) is 4.79 Å². The first kappa shape index (κ1) is 13.9. The van der Waals surface area contributed by atoms with Gasteiger partial charge in [0.05, 0.1) is 10.3 Å². The van der Waals surface area contributed by atoms with E-state index in [0.29, 0.717) is 21.6 Å². The molecule has 2 rings (SSSR count). The lowest BCUT2D eigenvalue weighted by Gasteiger charge is -2.10. The van der Waals surface area contributed by atoms with Gasteiger partial charge in [0.15, 0.2) is 5.82 Å². The van der Waals surface area contributed by atoms with Crippen molar-refractivity contribution in [1.82, 2.24) is 10.1 Å². The fourth-order valence-corrected chi connectivity index (χ4v) is 2.39. The number of aromatic nitrogens is 2. The van der Waals surface area contributed by atoms with Crippen LogP contribution in [0.5, 0.6) is 0 Å². The van der Waals surface area contributed by atoms with E-state index in [-0.39, 0.29) is 11.2 Å². The Kier molecular flexibility index (Phi) is 4.44. The molecule has 2 aromatic heterocycles. The van der Waals surface area contributed by atoms with E-state index in [1.807, 2.05) is 0 Å². The number of nitrogens with one attached hydrogen (secondary N) is 1. The lowest BCUT2D eigenvalue weighted by molar-refractivity contribution is -0.115. The molecule has 1 unspecified atom stereocenters. The molecule has 0 aromatic carbocycles. The Labute approximate surface area is 119 Å². The van der Waals surface area contributed by atoms with Crippen molar-refractivity contribution in [1.29, 1.82) is 0 Å². The summed E-state index contributed by atoms with van der Waals surface area (Å²) in [6.45, 7) is 3.53. The molecule has 0 fully saturated rings. The van der Waals surface area contributed by atoms with Crippen LogP contribution in [-0.4, -0.2) is 21.3 Å². The summed E-state index contributed by atoms with van der Waals surface area (Å²) in [5.41, 5.74) is 0. The first-order valence-corrected chi connectivity index (χ1v) is 6.83. The van der Waals surface area contributed by atoms with E-state index in [2.05, 4.69) is 15.5 Å². The molecule has 0 aliphatic heterocycles. The second-order valence-corrected chi connectivity index (χ2v) is 5.60. The highest BCUT2D eigenvalue weighted by molar-refractivity contribution is 8.00. The number of hydrogen-bond acceptors (Lipinski definition) is 5. The molecule has 0 spiro atoms. The van der Waals surface area contributed by atoms with E-state index in [4.69, 9.17) is 16.1 Å². The molecule has 0 bridgehead atoms. The van der Waals surface area contributed by atoms with Gasteiger partial charge in [-0.15, -0.1) is 0 Å². The molecule has 0 aliphatic carbocycles. The molecule has 0 radical (unpaired) electrons. The number of hydrogen-bond donors (Lipinski definition) is 1. The maximum atomic E-state index is 12.0. The third kappa shape index (κ3) is 3.71. The Bertz CT molecular complexity index is 588. The average molecular weight is 298 g/mol. The van der Waals surface area contributed by atoms with Crippen LogP contribution in [0.3, 0.4) is 0 Å². The molecule has 0 saturated carbocycles. The number of aryl methyl sites for hydroxylation is 1. The van der Waals surface area contributed by atoms with Gasteiger partial charge in [0, 0.05) is 12.3 Å². The summed E-state index contributed by atoms with van der Waals surface area (Å²) < 4.78 is 4.88. The fourth-order valence-electron chi connectivity index (χ4n) is 1.33. The quantitative estimate of drug-likeness (QED) is 0.878. The zero-order valence-electron chi connectivity index (χ0n) is 10.4. The predicted molar refractivity (Wildman–Crippen MR) is 74.4 cm³/mol. The molecule has 5 nitrogen and oxygen atoms in total. The van der Waals surface area contributed by atoms with Crippen molar-refractivity contribution < 1.29 is 9.32 Å². The van der Waals surface area contributed by atoms with Crippen LogP contribution in [0.4, 0.5) is 5.82 Å². The molecule has 0 aliphatic rings. The molecular weight excluding hydrogens is 286 g/mol. The zero-order chi connectivity index (χ0) is 13.8. The number of rotatable bonds is 4. The number of amides is 1. The van der Waals surface area contributed by atoms with Crippen LogP contribution in [0.25, 0.3) is 0 Å². The number of anilines is 1. The zero-order valence-corrected chi connectivity index (χ0v) is 12.0. The van der Waals surface area contributed by atoms with Gasteiger partial charge in [-0.2, -0.15) is 0 Å². The Morgan fingerprint density at radius 1 is 1.58 bits per heavy atom. The average Bonchev–Trinajstić information content (AvgIpc) is 2.77. The lowest BCUT2D eigenvalue weighted by Crippen LogP contribution is -2.22. The molecule has 1 atom stereocenters. The van der Waals surface area contributed by atoms with Gasteiger partial charge in [-0.1, -0.05) is 28.5 Å². The number of pyridine rings is 1. The van der Waals surface area contributed by atoms with Crippen LogP contribution in [0.2, 0.25) is 5.02 Å². The summed E-state index contributed by atoms with van der Waals surface area (Å²) in [5, 5.41) is 7.19. The summed E-state index contributed by atoms with van der Waals surface area (Å²) in [6.07, 6.45) is 1.64. The first-order chi connectivity index (χ1) is 9.06. The minimum Gasteiger partial charge on any atom is -0.360 e. The van der Waals surface area contributed by atoms with E-state index in [0.717, 1.165) is 0 Å². The van der Waals surface area contributed by atoms with Gasteiger partial charge in [-0.3, -0.25) is 4.79 Å². The van der Waals surface area contributed by atoms with Gasteiger partial charge >= 0.3 is 0 Å². The molecule has 2 heterocycles. The van der Waals surface area contributed by atoms with Crippen LogP contribution >= 0.6 is 23.4 Å². The number of carbonyl (C=O) groups is 1. The van der Waals surface area contributed by atoms with Crippen LogP contribution in [0.1, 0.15) is 12.7 Å². The van der Waals surface area contributed by atoms with E-state index in [1.165, 1.54) is 11.8 Å². The summed E-state index contributed by atoms with van der Waals surface area (Å²) in [7, 11) is 0. The number of nitrogens with zero attached hydrogens (tertiary/aromatic N) is 2. The maximum Gasteiger partial charge on any atom is 0.238 e. The van der Waals surface area contributed by atoms with Crippen molar-refractivity contribution in [2.45, 2.75) is 24.1 Å². The molecule has 100 valence electrons. The number of halogens is 1. The summed E-state index contributed by atoms with van der Waals surface area (Å²) >= 11 is 7.29. The smallest absolute Gasteiger partial charge is 0.238 e. The van der Waals surface area contributed by atoms with Gasteiger partial charge in [0.2, 0.25) is 5.91 Å². The molecular formula is C12H12ClN3O2S. The second kappa shape index (κ2) is 6.08. The maximum absolute atomic E-state index is 12.0. The van der Waals surface area contributed by atoms with Crippen LogP contribution in [-0.2, 0) is 4.79 Å². The van der Waals surface area contributed by atoms with Gasteiger partial charge in [0.25, 0.3) is 0 Å². The van der Waals surface area contributed by atoms with Gasteiger partial charge in [0.1, 0.15) is 10.8 Å². The Hall–Kier alpha value is -1.53. The van der Waals surface area contributed by atoms with Crippen molar-refractivity contribution in [3.05, 3.63) is 35.2 Å². The minimum atomic E-state index is -0.343. The third-order valence-electron chi connectivity index (χ3n) is 2.26. The topological polar surface area (TPSA) is 68.0 Å². The van der Waals surface area contributed by atoms with Gasteiger partial charge in [-0.25, -0.2) is 4.98 Å². The van der Waals surface area contributed by atoms with Gasteiger partial charge < -0.3 is 9.84 Å². The second-order valence-electron chi connectivity index (χ2n) is 3.86. The summed E-state index contributed by atoms with van der Waals surface area (Å²) in [5.74, 6) is 0.866. The van der Waals surface area contributed by atoms with Crippen molar-refractivity contribution in [3.63, 3.8) is 0 Å². The van der Waals surface area contributed by atoms with Crippen molar-refractivity contribution in [2.75, 3.05) is 5.32 Å². The normalized spacial score (nSPS) is 12.2. The summed E-state index contributed by atoms with van der Waals surface area (Å²) in [6, 6.07) is 5.14. The molecule has 0 saturated heterocycles. The SMILES string of the molecule is Cc1cc(NC(=O)C(C)Sc2ncccc2Cl)no1. The van der Waals surface area contributed by atoms with E-state index >= 15 is 0 Å². The molecule has 1 amide bonds. The predicted octanol–water partition coefficient (Wildman–Crippen LogP) is 3.15. The standard InChI is InChI=1S/C12H12ClN3O2S/c1-7-6-10(16-18-7)15-11(17)8(2)19-12-9(13)4-3-5-14-12/h3-6,8H,1-2H3,(H,15,16,17). The van der Waals surface area contributed by atoms with Crippen molar-refractivity contribution in [3.8, 4) is 0 Å². The molecule has 2 aromatic rings. The number of carbonyl (C=O) groups excluding carboxylic acids is 1. The fraction of sp³-hybridized carbons (Fsp3) is 0.250. The Morgan fingerprint density at radius 3 is 3.00 bits per heavy atom. The monoisotopic (exact) mass is 297 g/mol. The third-order valence-corrected chi connectivity index (χ3v) is 3.79. The van der Waals surface area contributed by atoms with E-state index < -0.39 is 0 Å². The highest BCUT2D eigenvalue weighted by Crippen LogP contribution is 2.28. The van der Waals surface area contributed by atoms with Crippen molar-refractivity contribution >= 4 is 35.1 Å². The van der Waals surface area contributed by atoms with Gasteiger partial charge in [-0.05, 0) is 26.0 Å². The number of thioether (sulfide) groups is 1. The molecule has 19 heavy (non-hydrogen) atoms. The highest BCUT2D eigenvalue weighted by atomic mass is 35.5. The van der Waals surface area contributed by atoms with Crippen LogP contribution in [0.15, 0.2) is 33.9 Å². The Morgan fingerprint density at radius 2 is 2.37 bits per heavy atom. The minimum absolute atomic E-state index is 0.181. The molecule has 7 heteroatoms. The summed E-state index contributed by atoms with van der Waals surface area (Å²) in [4.78, 5) is 16.1. The lowest BCUT2D eigenvalue weighted by atomic mass is 10.4. The first-order valence-electron chi connectivity index (χ1n) is 5.57. The van der Waals surface area contributed by atoms with E-state index in [1.54, 1.807) is 38.2 Å². The largest absolute Gasteiger partial charge is 0.360 e. The molecule has 1 N–H and O–H groups in total. The highest BCUT2D eigenvalue weighted by Gasteiger charge is 2.17. The van der Waals surface area contributed by atoms with Crippen LogP contribution in [0, 0.1) is 6.92 Å².